The molecular weight excluding hydrogens is 600 g/mol. The summed E-state index contributed by atoms with van der Waals surface area (Å²) in [5, 5.41) is 4.60. The average Bonchev–Trinajstić information content (AvgIpc) is 3.58. The number of hydroxylamine groups is 2. The number of hydrogen-bond donors (Lipinski definition) is 1. The van der Waals surface area contributed by atoms with Crippen molar-refractivity contribution in [1.82, 2.24) is 10.4 Å². The van der Waals surface area contributed by atoms with Crippen LogP contribution >= 0.6 is 0 Å². The average molecular weight is 655 g/mol. The molecule has 2 aliphatic rings. The number of hydrogen-bond acceptors (Lipinski definition) is 6. The molecule has 2 amide bonds. The maximum atomic E-state index is 13.0. The molecule has 2 heterocycles. The Morgan fingerprint density at radius 1 is 0.646 bits per heavy atom. The summed E-state index contributed by atoms with van der Waals surface area (Å²) in [6.07, 6.45) is 15.7. The van der Waals surface area contributed by atoms with Gasteiger partial charge in [0.25, 0.3) is 11.8 Å². The van der Waals surface area contributed by atoms with E-state index in [1.165, 1.54) is 70.6 Å². The first-order valence-electron chi connectivity index (χ1n) is 18.3. The van der Waals surface area contributed by atoms with Crippen LogP contribution in [0.15, 0.2) is 84.9 Å². The van der Waals surface area contributed by atoms with Crippen molar-refractivity contribution in [1.29, 1.82) is 0 Å². The number of carbonyl (C=O) groups excluding carboxylic acids is 2. The van der Waals surface area contributed by atoms with Gasteiger partial charge in [0.1, 0.15) is 18.8 Å². The molecule has 5 rings (SSSR count). The van der Waals surface area contributed by atoms with Crippen molar-refractivity contribution < 1.29 is 23.9 Å². The van der Waals surface area contributed by atoms with Crippen LogP contribution in [0.5, 0.6) is 0 Å². The second-order valence-corrected chi connectivity index (χ2v) is 13.3. The normalized spacial score (nSPS) is 20.5. The lowest BCUT2D eigenvalue weighted by Gasteiger charge is -2.26. The van der Waals surface area contributed by atoms with E-state index in [1.807, 2.05) is 36.4 Å². The highest BCUT2D eigenvalue weighted by Crippen LogP contribution is 2.31. The molecule has 7 heteroatoms. The Kier molecular flexibility index (Phi) is 14.7. The van der Waals surface area contributed by atoms with Gasteiger partial charge in [0.2, 0.25) is 0 Å². The Hall–Kier alpha value is -3.36. The van der Waals surface area contributed by atoms with Crippen molar-refractivity contribution in [2.45, 2.75) is 128 Å². The third-order valence-electron chi connectivity index (χ3n) is 9.61. The molecule has 0 radical (unpaired) electrons. The lowest BCUT2D eigenvalue weighted by Crippen LogP contribution is -2.48. The fraction of sp³-hybridized carbons (Fsp3) is 0.512. The van der Waals surface area contributed by atoms with Gasteiger partial charge in [-0.05, 0) is 29.7 Å². The number of benzene rings is 3. The largest absolute Gasteiger partial charge is 0.369 e. The van der Waals surface area contributed by atoms with Crippen LogP contribution in [0.25, 0.3) is 0 Å². The molecule has 258 valence electrons. The molecule has 48 heavy (non-hydrogen) atoms. The van der Waals surface area contributed by atoms with Gasteiger partial charge in [-0.2, -0.15) is 0 Å². The molecule has 0 unspecified atom stereocenters. The molecule has 3 aromatic carbocycles. The zero-order chi connectivity index (χ0) is 33.4. The predicted molar refractivity (Wildman–Crippen MR) is 189 cm³/mol. The molecule has 1 saturated heterocycles. The number of imide groups is 1. The molecular formula is C41H54N2O5. The van der Waals surface area contributed by atoms with Crippen LogP contribution in [-0.2, 0) is 27.5 Å². The SMILES string of the molecule is CCCCCCCCCCCCCC[C@@H]1O[C@H](CON2C(=O)c3ccccc3C2=O)[C@@H](NCc2ccccc2)[C@H]1OCc1ccccc1. The zero-order valence-electron chi connectivity index (χ0n) is 28.7. The number of carbonyl (C=O) groups is 2. The predicted octanol–water partition coefficient (Wildman–Crippen LogP) is 8.82. The number of nitrogens with zero attached hydrogens (tertiary/aromatic N) is 1. The smallest absolute Gasteiger partial charge is 0.285 e. The number of ether oxygens (including phenoxy) is 2. The highest BCUT2D eigenvalue weighted by atomic mass is 16.7. The fourth-order valence-electron chi connectivity index (χ4n) is 6.88. The maximum absolute atomic E-state index is 13.0. The number of fused-ring (bicyclic) bond motifs is 1. The van der Waals surface area contributed by atoms with Gasteiger partial charge < -0.3 is 14.8 Å². The van der Waals surface area contributed by atoms with E-state index in [0.29, 0.717) is 24.3 Å². The quantitative estimate of drug-likeness (QED) is 0.0862. The summed E-state index contributed by atoms with van der Waals surface area (Å²) in [6, 6.07) is 27.1. The van der Waals surface area contributed by atoms with Gasteiger partial charge in [0, 0.05) is 6.54 Å². The van der Waals surface area contributed by atoms with Crippen molar-refractivity contribution in [3.63, 3.8) is 0 Å². The molecule has 7 nitrogen and oxygen atoms in total. The van der Waals surface area contributed by atoms with Gasteiger partial charge in [-0.15, -0.1) is 5.06 Å². The molecule has 0 saturated carbocycles. The van der Waals surface area contributed by atoms with E-state index in [-0.39, 0.29) is 24.9 Å². The van der Waals surface area contributed by atoms with E-state index in [9.17, 15) is 9.59 Å². The van der Waals surface area contributed by atoms with E-state index in [0.717, 1.165) is 29.0 Å². The summed E-state index contributed by atoms with van der Waals surface area (Å²) in [5.74, 6) is -0.875. The number of nitrogens with one attached hydrogen (secondary N) is 1. The molecule has 1 N–H and O–H groups in total. The summed E-state index contributed by atoms with van der Waals surface area (Å²) < 4.78 is 13.4. The van der Waals surface area contributed by atoms with E-state index in [2.05, 4.69) is 36.5 Å². The lowest BCUT2D eigenvalue weighted by atomic mass is 9.99. The standard InChI is InChI=1S/C41H54N2O5/c1-2-3-4-5-6-7-8-9-10-11-12-19-28-36-39(46-30-33-24-17-14-18-25-33)38(42-29-32-22-15-13-16-23-32)37(48-36)31-47-43-40(44)34-26-20-21-27-35(34)41(43)45/h13-18,20-27,36-39,42H,2-12,19,28-31H2,1H3/t36-,37+,38+,39-/m0/s1. The highest BCUT2D eigenvalue weighted by molar-refractivity contribution is 6.20. The summed E-state index contributed by atoms with van der Waals surface area (Å²) >= 11 is 0. The van der Waals surface area contributed by atoms with Gasteiger partial charge in [-0.3, -0.25) is 14.4 Å². The second-order valence-electron chi connectivity index (χ2n) is 13.3. The molecule has 1 fully saturated rings. The van der Waals surface area contributed by atoms with Crippen molar-refractivity contribution >= 4 is 11.8 Å². The molecule has 0 bridgehead atoms. The Bertz CT molecular complexity index is 1350. The topological polar surface area (TPSA) is 77.1 Å². The number of rotatable bonds is 22. The number of unbranched alkanes of at least 4 members (excludes halogenated alkanes) is 11. The van der Waals surface area contributed by atoms with Crippen LogP contribution in [0.1, 0.15) is 122 Å². The van der Waals surface area contributed by atoms with E-state index in [4.69, 9.17) is 14.3 Å². The minimum absolute atomic E-state index is 0.0536. The van der Waals surface area contributed by atoms with Crippen molar-refractivity contribution in [2.24, 2.45) is 0 Å². The van der Waals surface area contributed by atoms with Crippen molar-refractivity contribution in [3.05, 3.63) is 107 Å². The third kappa shape index (κ3) is 10.3. The first-order valence-corrected chi connectivity index (χ1v) is 18.3. The molecule has 3 aromatic rings. The minimum Gasteiger partial charge on any atom is -0.369 e. The zero-order valence-corrected chi connectivity index (χ0v) is 28.7. The summed E-state index contributed by atoms with van der Waals surface area (Å²) in [6.45, 7) is 3.43. The number of amides is 2. The highest BCUT2D eigenvalue weighted by Gasteiger charge is 2.46. The Labute approximate surface area is 287 Å². The molecule has 0 aliphatic carbocycles. The first-order chi connectivity index (χ1) is 23.7. The monoisotopic (exact) mass is 654 g/mol. The summed E-state index contributed by atoms with van der Waals surface area (Å²) in [5.41, 5.74) is 2.99. The van der Waals surface area contributed by atoms with Crippen LogP contribution in [0.2, 0.25) is 0 Å². The molecule has 4 atom stereocenters. The van der Waals surface area contributed by atoms with Crippen LogP contribution in [0.3, 0.4) is 0 Å². The fourth-order valence-corrected chi connectivity index (χ4v) is 6.88. The lowest BCUT2D eigenvalue weighted by molar-refractivity contribution is -0.128. The van der Waals surface area contributed by atoms with Gasteiger partial charge in [0.05, 0.1) is 29.9 Å². The van der Waals surface area contributed by atoms with Crippen LogP contribution in [-0.4, -0.2) is 47.8 Å². The first kappa shape index (κ1) is 35.9. The van der Waals surface area contributed by atoms with Crippen molar-refractivity contribution in [3.8, 4) is 0 Å². The second kappa shape index (κ2) is 19.6. The van der Waals surface area contributed by atoms with E-state index >= 15 is 0 Å². The van der Waals surface area contributed by atoms with Gasteiger partial charge >= 0.3 is 0 Å². The minimum atomic E-state index is -0.438. The Balaban J connectivity index is 1.19. The third-order valence-corrected chi connectivity index (χ3v) is 9.61. The van der Waals surface area contributed by atoms with Gasteiger partial charge in [-0.1, -0.05) is 157 Å². The van der Waals surface area contributed by atoms with E-state index < -0.39 is 17.9 Å². The maximum Gasteiger partial charge on any atom is 0.285 e. The molecule has 2 aliphatic heterocycles. The van der Waals surface area contributed by atoms with Crippen LogP contribution < -0.4 is 5.32 Å². The summed E-state index contributed by atoms with van der Waals surface area (Å²) in [4.78, 5) is 32.0. The van der Waals surface area contributed by atoms with Gasteiger partial charge in [0.15, 0.2) is 0 Å². The summed E-state index contributed by atoms with van der Waals surface area (Å²) in [7, 11) is 0. The Morgan fingerprint density at radius 3 is 1.75 bits per heavy atom. The van der Waals surface area contributed by atoms with Crippen LogP contribution in [0, 0.1) is 0 Å². The van der Waals surface area contributed by atoms with Crippen molar-refractivity contribution in [2.75, 3.05) is 6.61 Å². The van der Waals surface area contributed by atoms with Crippen LogP contribution in [0.4, 0.5) is 0 Å². The van der Waals surface area contributed by atoms with Gasteiger partial charge in [-0.25, -0.2) is 0 Å². The Morgan fingerprint density at radius 2 is 1.17 bits per heavy atom. The molecule has 0 spiro atoms. The van der Waals surface area contributed by atoms with E-state index in [1.54, 1.807) is 24.3 Å². The molecule has 0 aromatic heterocycles.